The molecule has 2 heterocycles. The van der Waals surface area contributed by atoms with Crippen LogP contribution in [-0.4, -0.2) is 38.0 Å². The molecule has 1 aliphatic heterocycles. The molecular formula is C14H20BNO4S. The van der Waals surface area contributed by atoms with Crippen LogP contribution in [0.4, 0.5) is 0 Å². The summed E-state index contributed by atoms with van der Waals surface area (Å²) < 4.78 is 10.5. The van der Waals surface area contributed by atoms with E-state index < -0.39 is 0 Å². The van der Waals surface area contributed by atoms with Crippen LogP contribution in [-0.2, 0) is 25.4 Å². The molecule has 0 radical (unpaired) electrons. The lowest BCUT2D eigenvalue weighted by Gasteiger charge is -2.28. The summed E-state index contributed by atoms with van der Waals surface area (Å²) in [5.41, 5.74) is 0. The van der Waals surface area contributed by atoms with E-state index in [0.29, 0.717) is 26.9 Å². The number of carbonyl (C=O) groups excluding carboxylic acids is 2. The van der Waals surface area contributed by atoms with Crippen LogP contribution in [0.3, 0.4) is 0 Å². The minimum Gasteiger partial charge on any atom is -0.466 e. The summed E-state index contributed by atoms with van der Waals surface area (Å²) in [5.74, 6) is -0.159. The van der Waals surface area contributed by atoms with Crippen molar-refractivity contribution in [2.45, 2.75) is 44.7 Å². The van der Waals surface area contributed by atoms with Crippen LogP contribution in [0, 0.1) is 0 Å². The van der Waals surface area contributed by atoms with Crippen molar-refractivity contribution in [1.29, 1.82) is 0 Å². The number of amides is 1. The fourth-order valence-electron chi connectivity index (χ4n) is 2.34. The molecular weight excluding hydrogens is 289 g/mol. The molecule has 0 aromatic carbocycles. The van der Waals surface area contributed by atoms with E-state index in [2.05, 4.69) is 5.32 Å². The molecule has 1 N–H and O–H groups in total. The third-order valence-electron chi connectivity index (χ3n) is 3.35. The van der Waals surface area contributed by atoms with Gasteiger partial charge in [0.05, 0.1) is 25.6 Å². The standard InChI is InChI=1S/C14H20BNO4S/c1-2-19-14(18)8-10-5-6-12(15-20-10)16-13(17)9-11-4-3-7-21-11/h3-4,7,10,12,15H,2,5-6,8-9H2,1H3,(H,16,17). The average Bonchev–Trinajstić information content (AvgIpc) is 2.94. The maximum Gasteiger partial charge on any atom is 0.308 e. The summed E-state index contributed by atoms with van der Waals surface area (Å²) in [6.45, 7) is 2.19. The second-order valence-corrected chi connectivity index (χ2v) is 6.09. The molecule has 1 aromatic heterocycles. The predicted octanol–water partition coefficient (Wildman–Crippen LogP) is 1.22. The van der Waals surface area contributed by atoms with Crippen molar-refractivity contribution < 1.29 is 19.0 Å². The average molecular weight is 309 g/mol. The molecule has 5 nitrogen and oxygen atoms in total. The first kappa shape index (κ1) is 16.0. The topological polar surface area (TPSA) is 64.6 Å². The smallest absolute Gasteiger partial charge is 0.308 e. The summed E-state index contributed by atoms with van der Waals surface area (Å²) >= 11 is 1.58. The number of carbonyl (C=O) groups is 2. The van der Waals surface area contributed by atoms with Crippen LogP contribution < -0.4 is 5.32 Å². The van der Waals surface area contributed by atoms with Gasteiger partial charge in [-0.2, -0.15) is 0 Å². The normalized spacial score (nSPS) is 21.4. The van der Waals surface area contributed by atoms with Crippen molar-refractivity contribution >= 4 is 30.7 Å². The van der Waals surface area contributed by atoms with Crippen molar-refractivity contribution in [2.75, 3.05) is 6.61 Å². The van der Waals surface area contributed by atoms with E-state index in [1.165, 1.54) is 0 Å². The second kappa shape index (κ2) is 8.19. The molecule has 0 aliphatic carbocycles. The van der Waals surface area contributed by atoms with Crippen LogP contribution >= 0.6 is 11.3 Å². The first-order valence-electron chi connectivity index (χ1n) is 7.26. The summed E-state index contributed by atoms with van der Waals surface area (Å²) in [6, 6.07) is 3.90. The monoisotopic (exact) mass is 309 g/mol. The fraction of sp³-hybridized carbons (Fsp3) is 0.571. The quantitative estimate of drug-likeness (QED) is 0.634. The van der Waals surface area contributed by atoms with Gasteiger partial charge in [-0.05, 0) is 31.2 Å². The SMILES string of the molecule is CCOC(=O)CC1CCC(NC(=O)Cc2cccs2)BO1. The molecule has 0 bridgehead atoms. The van der Waals surface area contributed by atoms with Crippen molar-refractivity contribution in [3.05, 3.63) is 22.4 Å². The highest BCUT2D eigenvalue weighted by atomic mass is 32.1. The van der Waals surface area contributed by atoms with Gasteiger partial charge >= 0.3 is 5.97 Å². The summed E-state index contributed by atoms with van der Waals surface area (Å²) in [6.07, 6.45) is 2.22. The fourth-order valence-corrected chi connectivity index (χ4v) is 3.04. The number of thiophene rings is 1. The van der Waals surface area contributed by atoms with Gasteiger partial charge in [-0.25, -0.2) is 0 Å². The van der Waals surface area contributed by atoms with Crippen LogP contribution in [0.5, 0.6) is 0 Å². The van der Waals surface area contributed by atoms with Gasteiger partial charge in [0.25, 0.3) is 7.48 Å². The Morgan fingerprint density at radius 3 is 3.00 bits per heavy atom. The lowest BCUT2D eigenvalue weighted by molar-refractivity contribution is -0.145. The predicted molar refractivity (Wildman–Crippen MR) is 82.5 cm³/mol. The highest BCUT2D eigenvalue weighted by molar-refractivity contribution is 7.10. The lowest BCUT2D eigenvalue weighted by atomic mass is 9.79. The number of hydrogen-bond donors (Lipinski definition) is 1. The van der Waals surface area contributed by atoms with E-state index in [-0.39, 0.29) is 23.9 Å². The van der Waals surface area contributed by atoms with Crippen molar-refractivity contribution in [3.8, 4) is 0 Å². The Morgan fingerprint density at radius 2 is 2.38 bits per heavy atom. The zero-order valence-corrected chi connectivity index (χ0v) is 13.0. The van der Waals surface area contributed by atoms with Crippen LogP contribution in [0.2, 0.25) is 0 Å². The third-order valence-corrected chi connectivity index (χ3v) is 4.23. The number of ether oxygens (including phenoxy) is 1. The molecule has 7 heteroatoms. The third kappa shape index (κ3) is 5.51. The molecule has 2 unspecified atom stereocenters. The van der Waals surface area contributed by atoms with Crippen molar-refractivity contribution in [2.24, 2.45) is 0 Å². The number of hydrogen-bond acceptors (Lipinski definition) is 5. The Balaban J connectivity index is 1.66. The first-order chi connectivity index (χ1) is 10.2. The van der Waals surface area contributed by atoms with Crippen LogP contribution in [0.1, 0.15) is 31.1 Å². The molecule has 2 rings (SSSR count). The first-order valence-corrected chi connectivity index (χ1v) is 8.14. The summed E-state index contributed by atoms with van der Waals surface area (Å²) in [4.78, 5) is 24.3. The number of esters is 1. The largest absolute Gasteiger partial charge is 0.466 e. The second-order valence-electron chi connectivity index (χ2n) is 5.06. The molecule has 1 saturated heterocycles. The Morgan fingerprint density at radius 1 is 1.52 bits per heavy atom. The highest BCUT2D eigenvalue weighted by Gasteiger charge is 2.26. The van der Waals surface area contributed by atoms with Gasteiger partial charge in [0, 0.05) is 10.8 Å². The Bertz CT molecular complexity index is 458. The molecule has 1 aliphatic rings. The van der Waals surface area contributed by atoms with Crippen LogP contribution in [0.25, 0.3) is 0 Å². The molecule has 0 saturated carbocycles. The van der Waals surface area contributed by atoms with E-state index >= 15 is 0 Å². The number of nitrogens with one attached hydrogen (secondary N) is 1. The number of rotatable bonds is 6. The zero-order valence-electron chi connectivity index (χ0n) is 12.2. The molecule has 1 amide bonds. The van der Waals surface area contributed by atoms with Gasteiger partial charge < -0.3 is 14.7 Å². The Hall–Kier alpha value is -1.34. The zero-order chi connectivity index (χ0) is 15.1. The van der Waals surface area contributed by atoms with Crippen molar-refractivity contribution in [3.63, 3.8) is 0 Å². The minimum atomic E-state index is -0.220. The van der Waals surface area contributed by atoms with E-state index in [9.17, 15) is 9.59 Å². The molecule has 0 spiro atoms. The Labute approximate surface area is 129 Å². The molecule has 1 aromatic rings. The molecule has 2 atom stereocenters. The maximum absolute atomic E-state index is 11.9. The van der Waals surface area contributed by atoms with Gasteiger partial charge in [-0.1, -0.05) is 6.07 Å². The van der Waals surface area contributed by atoms with Gasteiger partial charge in [-0.3, -0.25) is 9.59 Å². The van der Waals surface area contributed by atoms with E-state index in [0.717, 1.165) is 17.7 Å². The van der Waals surface area contributed by atoms with Gasteiger partial charge in [0.15, 0.2) is 0 Å². The summed E-state index contributed by atoms with van der Waals surface area (Å²) in [5, 5.41) is 4.95. The highest BCUT2D eigenvalue weighted by Crippen LogP contribution is 2.16. The lowest BCUT2D eigenvalue weighted by Crippen LogP contribution is -2.45. The maximum atomic E-state index is 11.9. The molecule has 114 valence electrons. The van der Waals surface area contributed by atoms with E-state index in [1.807, 2.05) is 17.5 Å². The van der Waals surface area contributed by atoms with Crippen LogP contribution in [0.15, 0.2) is 17.5 Å². The van der Waals surface area contributed by atoms with Gasteiger partial charge in [0.1, 0.15) is 0 Å². The summed E-state index contributed by atoms with van der Waals surface area (Å²) in [7, 11) is 0.459. The molecule has 1 fully saturated rings. The Kier molecular flexibility index (Phi) is 6.26. The van der Waals surface area contributed by atoms with E-state index in [1.54, 1.807) is 18.3 Å². The van der Waals surface area contributed by atoms with Crippen molar-refractivity contribution in [1.82, 2.24) is 5.32 Å². The van der Waals surface area contributed by atoms with E-state index in [4.69, 9.17) is 9.39 Å². The molecule has 21 heavy (non-hydrogen) atoms. The minimum absolute atomic E-state index is 0.0230. The van der Waals surface area contributed by atoms with Gasteiger partial charge in [-0.15, -0.1) is 11.3 Å². The van der Waals surface area contributed by atoms with Gasteiger partial charge in [0.2, 0.25) is 5.91 Å².